The second-order valence-corrected chi connectivity index (χ2v) is 6.88. The normalized spacial score (nSPS) is 13.5. The molecular weight excluding hydrogens is 264 g/mol. The summed E-state index contributed by atoms with van der Waals surface area (Å²) in [4.78, 5) is 0. The average Bonchev–Trinajstić information content (AvgIpc) is 2.37. The molecule has 0 bridgehead atoms. The lowest BCUT2D eigenvalue weighted by atomic mass is 10.3. The minimum absolute atomic E-state index is 0.0929. The van der Waals surface area contributed by atoms with Crippen molar-refractivity contribution < 1.29 is 13.2 Å². The molecule has 1 atom stereocenters. The highest BCUT2D eigenvalue weighted by molar-refractivity contribution is 7.89. The van der Waals surface area contributed by atoms with Crippen LogP contribution in [-0.4, -0.2) is 51.8 Å². The maximum absolute atomic E-state index is 11.5. The van der Waals surface area contributed by atoms with Crippen LogP contribution >= 0.6 is 0 Å². The number of ether oxygens (including phenoxy) is 1. The Morgan fingerprint density at radius 1 is 1.26 bits per heavy atom. The predicted molar refractivity (Wildman–Crippen MR) is 76.9 cm³/mol. The van der Waals surface area contributed by atoms with Crippen LogP contribution in [0.25, 0.3) is 0 Å². The standard InChI is InChI=1S/C13H22N2O3S/c1-12(11-18-13-7-5-4-6-8-13)14-9-10-19(16,17)15(2)3/h4-8,12,14H,9-11H2,1-3H3/t12-/m0/s1. The van der Waals surface area contributed by atoms with Crippen LogP contribution in [0.3, 0.4) is 0 Å². The highest BCUT2D eigenvalue weighted by atomic mass is 32.2. The fourth-order valence-electron chi connectivity index (χ4n) is 1.41. The van der Waals surface area contributed by atoms with Gasteiger partial charge in [-0.05, 0) is 19.1 Å². The van der Waals surface area contributed by atoms with Gasteiger partial charge in [0.15, 0.2) is 0 Å². The van der Waals surface area contributed by atoms with Crippen LogP contribution < -0.4 is 10.1 Å². The van der Waals surface area contributed by atoms with Crippen LogP contribution in [0, 0.1) is 0 Å². The molecule has 0 aromatic heterocycles. The minimum atomic E-state index is -3.13. The summed E-state index contributed by atoms with van der Waals surface area (Å²) < 4.78 is 29.9. The summed E-state index contributed by atoms with van der Waals surface area (Å²) in [6, 6.07) is 9.64. The summed E-state index contributed by atoms with van der Waals surface area (Å²) >= 11 is 0. The van der Waals surface area contributed by atoms with Crippen molar-refractivity contribution in [2.75, 3.05) is 33.0 Å². The molecule has 19 heavy (non-hydrogen) atoms. The van der Waals surface area contributed by atoms with E-state index in [1.165, 1.54) is 18.4 Å². The molecule has 0 amide bonds. The Morgan fingerprint density at radius 2 is 1.89 bits per heavy atom. The van der Waals surface area contributed by atoms with E-state index in [1.807, 2.05) is 37.3 Å². The molecule has 0 fully saturated rings. The third-order valence-electron chi connectivity index (χ3n) is 2.65. The van der Waals surface area contributed by atoms with Crippen molar-refractivity contribution in [3.63, 3.8) is 0 Å². The van der Waals surface area contributed by atoms with E-state index in [4.69, 9.17) is 4.74 Å². The molecule has 0 heterocycles. The average molecular weight is 286 g/mol. The van der Waals surface area contributed by atoms with Crippen molar-refractivity contribution in [2.24, 2.45) is 0 Å². The van der Waals surface area contributed by atoms with Crippen molar-refractivity contribution in [3.05, 3.63) is 30.3 Å². The molecule has 1 rings (SSSR count). The largest absolute Gasteiger partial charge is 0.492 e. The first kappa shape index (κ1) is 15.9. The van der Waals surface area contributed by atoms with Gasteiger partial charge >= 0.3 is 0 Å². The molecule has 5 nitrogen and oxygen atoms in total. The molecule has 0 unspecified atom stereocenters. The molecule has 108 valence electrons. The fraction of sp³-hybridized carbons (Fsp3) is 0.538. The predicted octanol–water partition coefficient (Wildman–Crippen LogP) is 0.935. The molecule has 1 aromatic carbocycles. The zero-order valence-corrected chi connectivity index (χ0v) is 12.5. The van der Waals surface area contributed by atoms with Gasteiger partial charge in [0.2, 0.25) is 10.0 Å². The lowest BCUT2D eigenvalue weighted by Crippen LogP contribution is -2.37. The first-order chi connectivity index (χ1) is 8.92. The Labute approximate surface area is 115 Å². The number of nitrogens with one attached hydrogen (secondary N) is 1. The number of nitrogens with zero attached hydrogens (tertiary/aromatic N) is 1. The summed E-state index contributed by atoms with van der Waals surface area (Å²) in [6.45, 7) is 2.89. The van der Waals surface area contributed by atoms with Crippen LogP contribution in [0.4, 0.5) is 0 Å². The van der Waals surface area contributed by atoms with E-state index >= 15 is 0 Å². The highest BCUT2D eigenvalue weighted by Crippen LogP contribution is 2.08. The zero-order chi connectivity index (χ0) is 14.3. The Balaban J connectivity index is 2.24. The summed E-state index contributed by atoms with van der Waals surface area (Å²) in [5.41, 5.74) is 0. The quantitative estimate of drug-likeness (QED) is 0.772. The molecule has 0 aliphatic heterocycles. The van der Waals surface area contributed by atoms with Crippen LogP contribution in [0.2, 0.25) is 0 Å². The topological polar surface area (TPSA) is 58.6 Å². The molecular formula is C13H22N2O3S. The van der Waals surface area contributed by atoms with E-state index in [-0.39, 0.29) is 11.8 Å². The second kappa shape index (κ2) is 7.47. The van der Waals surface area contributed by atoms with Gasteiger partial charge in [-0.3, -0.25) is 0 Å². The van der Waals surface area contributed by atoms with Crippen molar-refractivity contribution in [2.45, 2.75) is 13.0 Å². The SMILES string of the molecule is C[C@@H](COc1ccccc1)NCCS(=O)(=O)N(C)C. The molecule has 1 N–H and O–H groups in total. The van der Waals surface area contributed by atoms with E-state index in [2.05, 4.69) is 5.32 Å². The third-order valence-corrected chi connectivity index (χ3v) is 4.49. The summed E-state index contributed by atoms with van der Waals surface area (Å²) in [7, 11) is -0.0530. The minimum Gasteiger partial charge on any atom is -0.492 e. The number of hydrogen-bond donors (Lipinski definition) is 1. The molecule has 0 saturated carbocycles. The van der Waals surface area contributed by atoms with Gasteiger partial charge in [0.05, 0.1) is 5.75 Å². The van der Waals surface area contributed by atoms with Gasteiger partial charge in [0.1, 0.15) is 12.4 Å². The van der Waals surface area contributed by atoms with E-state index in [0.29, 0.717) is 13.2 Å². The van der Waals surface area contributed by atoms with Gasteiger partial charge in [-0.15, -0.1) is 0 Å². The lowest BCUT2D eigenvalue weighted by molar-refractivity contribution is 0.275. The Hall–Kier alpha value is -1.11. The molecule has 0 spiro atoms. The number of rotatable bonds is 8. The monoisotopic (exact) mass is 286 g/mol. The Morgan fingerprint density at radius 3 is 2.47 bits per heavy atom. The Kier molecular flexibility index (Phi) is 6.27. The van der Waals surface area contributed by atoms with Crippen LogP contribution in [-0.2, 0) is 10.0 Å². The van der Waals surface area contributed by atoms with Crippen LogP contribution in [0.15, 0.2) is 30.3 Å². The first-order valence-electron chi connectivity index (χ1n) is 6.23. The number of benzene rings is 1. The van der Waals surface area contributed by atoms with Crippen molar-refractivity contribution >= 4 is 10.0 Å². The number of sulfonamides is 1. The van der Waals surface area contributed by atoms with E-state index in [0.717, 1.165) is 5.75 Å². The third kappa shape index (κ3) is 6.04. The van der Waals surface area contributed by atoms with E-state index in [9.17, 15) is 8.42 Å². The summed E-state index contributed by atoms with van der Waals surface area (Å²) in [5.74, 6) is 0.910. The zero-order valence-electron chi connectivity index (χ0n) is 11.7. The van der Waals surface area contributed by atoms with Gasteiger partial charge in [0.25, 0.3) is 0 Å². The van der Waals surface area contributed by atoms with Crippen LogP contribution in [0.1, 0.15) is 6.92 Å². The maximum atomic E-state index is 11.5. The first-order valence-corrected chi connectivity index (χ1v) is 7.84. The van der Waals surface area contributed by atoms with Crippen molar-refractivity contribution in [1.29, 1.82) is 0 Å². The van der Waals surface area contributed by atoms with Crippen molar-refractivity contribution in [1.82, 2.24) is 9.62 Å². The molecule has 0 aliphatic carbocycles. The molecule has 0 saturated heterocycles. The highest BCUT2D eigenvalue weighted by Gasteiger charge is 2.13. The Bertz CT molecular complexity index is 460. The lowest BCUT2D eigenvalue weighted by Gasteiger charge is -2.16. The smallest absolute Gasteiger partial charge is 0.214 e. The van der Waals surface area contributed by atoms with E-state index in [1.54, 1.807) is 0 Å². The molecule has 0 aliphatic rings. The van der Waals surface area contributed by atoms with Crippen LogP contribution in [0.5, 0.6) is 5.75 Å². The van der Waals surface area contributed by atoms with Gasteiger partial charge in [-0.25, -0.2) is 12.7 Å². The van der Waals surface area contributed by atoms with Crippen molar-refractivity contribution in [3.8, 4) is 5.75 Å². The van der Waals surface area contributed by atoms with Gasteiger partial charge in [-0.2, -0.15) is 0 Å². The number of para-hydroxylation sites is 1. The van der Waals surface area contributed by atoms with Gasteiger partial charge in [0, 0.05) is 26.7 Å². The van der Waals surface area contributed by atoms with Gasteiger partial charge < -0.3 is 10.1 Å². The fourth-order valence-corrected chi connectivity index (χ4v) is 2.15. The van der Waals surface area contributed by atoms with Gasteiger partial charge in [-0.1, -0.05) is 18.2 Å². The summed E-state index contributed by atoms with van der Waals surface area (Å²) in [6.07, 6.45) is 0. The molecule has 6 heteroatoms. The molecule has 0 radical (unpaired) electrons. The van der Waals surface area contributed by atoms with E-state index < -0.39 is 10.0 Å². The maximum Gasteiger partial charge on any atom is 0.214 e. The second-order valence-electron chi connectivity index (χ2n) is 4.58. The number of hydrogen-bond acceptors (Lipinski definition) is 4. The summed E-state index contributed by atoms with van der Waals surface area (Å²) in [5, 5.41) is 3.13. The molecule has 1 aromatic rings.